The zero-order valence-corrected chi connectivity index (χ0v) is 17.6. The summed E-state index contributed by atoms with van der Waals surface area (Å²) in [6.07, 6.45) is 0.169. The van der Waals surface area contributed by atoms with Gasteiger partial charge >= 0.3 is 0 Å². The van der Waals surface area contributed by atoms with E-state index in [1.807, 2.05) is 6.92 Å². The molecule has 2 aliphatic heterocycles. The number of benzene rings is 2. The molecular formula is C23H23FN4O3. The molecule has 0 aromatic heterocycles. The molecule has 1 saturated heterocycles. The molecule has 0 unspecified atom stereocenters. The van der Waals surface area contributed by atoms with Gasteiger partial charge in [0, 0.05) is 12.6 Å². The second-order valence-corrected chi connectivity index (χ2v) is 8.24. The van der Waals surface area contributed by atoms with Crippen LogP contribution in [0.4, 0.5) is 4.39 Å². The number of nitriles is 1. The molecular weight excluding hydrogens is 399 g/mol. The summed E-state index contributed by atoms with van der Waals surface area (Å²) in [4.78, 5) is 19.2. The molecule has 2 aromatic carbocycles. The Bertz CT molecular complexity index is 1130. The Morgan fingerprint density at radius 3 is 2.81 bits per heavy atom. The van der Waals surface area contributed by atoms with E-state index in [1.54, 1.807) is 38.2 Å². The second-order valence-electron chi connectivity index (χ2n) is 8.24. The average molecular weight is 422 g/mol. The van der Waals surface area contributed by atoms with E-state index in [4.69, 9.17) is 20.5 Å². The first-order valence-electron chi connectivity index (χ1n) is 9.93. The second kappa shape index (κ2) is 7.36. The monoisotopic (exact) mass is 422 g/mol. The minimum atomic E-state index is -1.33. The highest BCUT2D eigenvalue weighted by atomic mass is 19.1. The van der Waals surface area contributed by atoms with Crippen LogP contribution in [0.1, 0.15) is 31.4 Å². The van der Waals surface area contributed by atoms with Crippen molar-refractivity contribution in [2.24, 2.45) is 16.1 Å². The number of halogens is 1. The van der Waals surface area contributed by atoms with Gasteiger partial charge in [-0.15, -0.1) is 0 Å². The molecule has 2 aromatic rings. The van der Waals surface area contributed by atoms with Gasteiger partial charge in [-0.05, 0) is 56.7 Å². The molecule has 7 nitrogen and oxygen atoms in total. The van der Waals surface area contributed by atoms with Crippen LogP contribution in [0, 0.1) is 22.6 Å². The van der Waals surface area contributed by atoms with Crippen LogP contribution in [0.15, 0.2) is 47.5 Å². The molecule has 0 radical (unpaired) electrons. The number of hydrogen-bond donors (Lipinski definition) is 1. The number of fused-ring (bicyclic) bond motifs is 1. The van der Waals surface area contributed by atoms with Gasteiger partial charge in [-0.1, -0.05) is 6.07 Å². The summed E-state index contributed by atoms with van der Waals surface area (Å²) in [6.45, 7) is 3.67. The number of ether oxygens (including phenoxy) is 2. The van der Waals surface area contributed by atoms with Gasteiger partial charge in [0.2, 0.25) is 5.91 Å². The molecule has 8 heteroatoms. The third kappa shape index (κ3) is 3.22. The summed E-state index contributed by atoms with van der Waals surface area (Å²) < 4.78 is 27.0. The fourth-order valence-electron chi connectivity index (χ4n) is 4.47. The van der Waals surface area contributed by atoms with Gasteiger partial charge in [0.05, 0.1) is 29.8 Å². The molecule has 0 bridgehead atoms. The van der Waals surface area contributed by atoms with E-state index >= 15 is 4.39 Å². The van der Waals surface area contributed by atoms with Crippen LogP contribution in [-0.2, 0) is 15.1 Å². The summed E-state index contributed by atoms with van der Waals surface area (Å²) in [5.74, 6) is 0.0295. The minimum absolute atomic E-state index is 0.00747. The third-order valence-corrected chi connectivity index (χ3v) is 6.19. The number of nitrogens with zero attached hydrogens (tertiary/aromatic N) is 3. The van der Waals surface area contributed by atoms with Gasteiger partial charge in [0.1, 0.15) is 22.9 Å². The van der Waals surface area contributed by atoms with Gasteiger partial charge in [0.15, 0.2) is 5.96 Å². The highest BCUT2D eigenvalue weighted by Crippen LogP contribution is 2.54. The molecule has 0 aliphatic carbocycles. The van der Waals surface area contributed by atoms with E-state index < -0.39 is 16.8 Å². The lowest BCUT2D eigenvalue weighted by atomic mass is 9.61. The summed E-state index contributed by atoms with van der Waals surface area (Å²) in [6, 6.07) is 13.0. The molecule has 0 spiro atoms. The van der Waals surface area contributed by atoms with Gasteiger partial charge < -0.3 is 15.2 Å². The maximum Gasteiger partial charge on any atom is 0.237 e. The van der Waals surface area contributed by atoms with Crippen molar-refractivity contribution in [3.8, 4) is 17.6 Å². The van der Waals surface area contributed by atoms with E-state index in [0.29, 0.717) is 23.5 Å². The van der Waals surface area contributed by atoms with Gasteiger partial charge in [0.25, 0.3) is 0 Å². The average Bonchev–Trinajstić information content (AvgIpc) is 2.75. The van der Waals surface area contributed by atoms with Crippen molar-refractivity contribution in [2.45, 2.75) is 31.9 Å². The van der Waals surface area contributed by atoms with Crippen molar-refractivity contribution in [2.75, 3.05) is 13.7 Å². The first-order valence-corrected chi connectivity index (χ1v) is 9.93. The Hall–Kier alpha value is -3.44. The standard InChI is InChI=1S/C23H23FN4O3/c1-14-11-22(2)20(29)28(3)21(26)27-23(22,13-30-14)18-10-17(7-8-19(18)24)31-16-6-4-5-15(9-16)12-25/h4-10,14H,11,13H2,1-3H3,(H2,26,27)/t14-,22-,23+/m0/s1. The smallest absolute Gasteiger partial charge is 0.237 e. The van der Waals surface area contributed by atoms with Crippen molar-refractivity contribution in [1.29, 1.82) is 5.26 Å². The van der Waals surface area contributed by atoms with E-state index in [1.165, 1.54) is 23.1 Å². The van der Waals surface area contributed by atoms with Crippen LogP contribution in [0.5, 0.6) is 11.5 Å². The van der Waals surface area contributed by atoms with Gasteiger partial charge in [-0.25, -0.2) is 9.38 Å². The Kier molecular flexibility index (Phi) is 4.94. The number of guanidine groups is 1. The minimum Gasteiger partial charge on any atom is -0.457 e. The lowest BCUT2D eigenvalue weighted by Gasteiger charge is -2.53. The molecule has 2 aliphatic rings. The summed E-state index contributed by atoms with van der Waals surface area (Å²) in [5, 5.41) is 9.10. The maximum atomic E-state index is 15.2. The normalized spacial score (nSPS) is 27.8. The number of nitrogens with two attached hydrogens (primary N) is 1. The van der Waals surface area contributed by atoms with Crippen molar-refractivity contribution < 1.29 is 18.7 Å². The van der Waals surface area contributed by atoms with E-state index in [0.717, 1.165) is 0 Å². The van der Waals surface area contributed by atoms with Crippen molar-refractivity contribution in [3.05, 3.63) is 59.4 Å². The van der Waals surface area contributed by atoms with Gasteiger partial charge in [-0.3, -0.25) is 9.69 Å². The Labute approximate surface area is 179 Å². The molecule has 160 valence electrons. The number of carbonyl (C=O) groups excluding carboxylic acids is 1. The SMILES string of the molecule is C[C@H]1C[C@@]2(C)C(=O)N(C)C(N)=N[C@@]2(c2cc(Oc3cccc(C#N)c3)ccc2F)CO1. The van der Waals surface area contributed by atoms with Crippen LogP contribution in [0.2, 0.25) is 0 Å². The van der Waals surface area contributed by atoms with Crippen LogP contribution in [-0.4, -0.2) is 36.5 Å². The lowest BCUT2D eigenvalue weighted by molar-refractivity contribution is -0.160. The molecule has 31 heavy (non-hydrogen) atoms. The molecule has 0 saturated carbocycles. The molecule has 1 fully saturated rings. The fourth-order valence-corrected chi connectivity index (χ4v) is 4.47. The maximum absolute atomic E-state index is 15.2. The highest BCUT2D eigenvalue weighted by Gasteiger charge is 2.62. The van der Waals surface area contributed by atoms with Crippen LogP contribution in [0.3, 0.4) is 0 Å². The zero-order chi connectivity index (χ0) is 22.4. The largest absolute Gasteiger partial charge is 0.457 e. The van der Waals surface area contributed by atoms with E-state index in [2.05, 4.69) is 11.1 Å². The molecule has 2 heterocycles. The quantitative estimate of drug-likeness (QED) is 0.818. The first-order chi connectivity index (χ1) is 14.7. The van der Waals surface area contributed by atoms with Crippen LogP contribution >= 0.6 is 0 Å². The van der Waals surface area contributed by atoms with Crippen LogP contribution in [0.25, 0.3) is 0 Å². The molecule has 1 amide bonds. The summed E-state index contributed by atoms with van der Waals surface area (Å²) >= 11 is 0. The van der Waals surface area contributed by atoms with Crippen molar-refractivity contribution in [1.82, 2.24) is 4.90 Å². The number of rotatable bonds is 3. The topological polar surface area (TPSA) is 101 Å². The summed E-state index contributed by atoms with van der Waals surface area (Å²) in [5.41, 5.74) is 4.29. The van der Waals surface area contributed by atoms with Crippen molar-refractivity contribution in [3.63, 3.8) is 0 Å². The number of amides is 1. The van der Waals surface area contributed by atoms with E-state index in [-0.39, 0.29) is 30.1 Å². The van der Waals surface area contributed by atoms with E-state index in [9.17, 15) is 4.79 Å². The summed E-state index contributed by atoms with van der Waals surface area (Å²) in [7, 11) is 1.56. The fraction of sp³-hybridized carbons (Fsp3) is 0.348. The Morgan fingerprint density at radius 2 is 2.06 bits per heavy atom. The zero-order valence-electron chi connectivity index (χ0n) is 17.6. The first kappa shape index (κ1) is 20.8. The molecule has 3 atom stereocenters. The number of carbonyl (C=O) groups is 1. The number of aliphatic imine (C=N–C) groups is 1. The highest BCUT2D eigenvalue weighted by molar-refractivity contribution is 6.02. The Balaban J connectivity index is 1.84. The Morgan fingerprint density at radius 1 is 1.32 bits per heavy atom. The molecule has 4 rings (SSSR count). The van der Waals surface area contributed by atoms with Crippen molar-refractivity contribution >= 4 is 11.9 Å². The predicted molar refractivity (Wildman–Crippen MR) is 112 cm³/mol. The van der Waals surface area contributed by atoms with Gasteiger partial charge in [-0.2, -0.15) is 5.26 Å². The predicted octanol–water partition coefficient (Wildman–Crippen LogP) is 3.29. The third-order valence-electron chi connectivity index (χ3n) is 6.19. The lowest BCUT2D eigenvalue weighted by Crippen LogP contribution is -2.65. The number of hydrogen-bond acceptors (Lipinski definition) is 6. The van der Waals surface area contributed by atoms with Crippen LogP contribution < -0.4 is 10.5 Å². The molecule has 2 N–H and O–H groups in total.